The zero-order valence-electron chi connectivity index (χ0n) is 12.2. The molecule has 0 aliphatic carbocycles. The molecule has 0 saturated carbocycles. The summed E-state index contributed by atoms with van der Waals surface area (Å²) in [5.41, 5.74) is 9.37. The molecule has 0 spiro atoms. The zero-order valence-corrected chi connectivity index (χ0v) is 15.6. The molecule has 2 rings (SSSR count). The number of amidine groups is 1. The van der Waals surface area contributed by atoms with E-state index in [2.05, 4.69) is 10.4 Å². The van der Waals surface area contributed by atoms with E-state index in [-0.39, 0.29) is 22.1 Å². The minimum atomic E-state index is -3.79. The third-order valence-electron chi connectivity index (χ3n) is 2.92. The van der Waals surface area contributed by atoms with Crippen molar-refractivity contribution in [1.82, 2.24) is 10.4 Å². The lowest BCUT2D eigenvalue weighted by Gasteiger charge is -2.12. The van der Waals surface area contributed by atoms with Crippen LogP contribution in [0.1, 0.15) is 5.56 Å². The van der Waals surface area contributed by atoms with Gasteiger partial charge in [0.25, 0.3) is 5.91 Å². The number of primary sulfonamides is 1. The second-order valence-corrected chi connectivity index (χ2v) is 7.78. The number of carbonyl (C=O) groups is 1. The lowest BCUT2D eigenvalue weighted by Crippen LogP contribution is -2.40. The van der Waals surface area contributed by atoms with E-state index in [4.69, 9.17) is 10.9 Å². The smallest absolute Gasteiger partial charge is 0.265 e. The Balaban J connectivity index is 0.00000264. The molecule has 1 heterocycles. The van der Waals surface area contributed by atoms with Gasteiger partial charge < -0.3 is 5.73 Å². The second kappa shape index (κ2) is 8.22. The highest BCUT2D eigenvalue weighted by Crippen LogP contribution is 2.23. The molecular weight excluding hydrogens is 406 g/mol. The molecule has 1 unspecified atom stereocenters. The van der Waals surface area contributed by atoms with Crippen LogP contribution in [0, 0.1) is 0 Å². The number of halogens is 1. The number of hydrogen-bond donors (Lipinski definition) is 3. The van der Waals surface area contributed by atoms with Crippen molar-refractivity contribution in [2.45, 2.75) is 17.2 Å². The standard InChI is InChI=1S/C12H17N5O3S2.BrH/c1-17-11(21-12(16-17)22(14,19)20)15-10(18)9(13)7-8-5-3-2-4-6-8;/h2-6,9,12,16H,7,13H2,1H3,(H2,14,19,20);1H/t9-,12?;/m1./s1. The first-order chi connectivity index (χ1) is 10.3. The lowest BCUT2D eigenvalue weighted by atomic mass is 10.1. The van der Waals surface area contributed by atoms with Crippen LogP contribution in [0.25, 0.3) is 0 Å². The molecule has 1 amide bonds. The third-order valence-corrected chi connectivity index (χ3v) is 5.61. The first kappa shape index (κ1) is 20.1. The summed E-state index contributed by atoms with van der Waals surface area (Å²) in [7, 11) is -2.24. The van der Waals surface area contributed by atoms with E-state index in [0.29, 0.717) is 6.42 Å². The van der Waals surface area contributed by atoms with Crippen molar-refractivity contribution in [3.63, 3.8) is 0 Å². The SMILES string of the molecule is Br.CN1NC(S(N)(=O)=O)SC1=NC(=O)[C@H](N)Cc1ccccc1. The maximum atomic E-state index is 12.0. The highest BCUT2D eigenvalue weighted by atomic mass is 79.9. The molecule has 11 heteroatoms. The van der Waals surface area contributed by atoms with Crippen molar-refractivity contribution < 1.29 is 13.2 Å². The average molecular weight is 424 g/mol. The Bertz CT molecular complexity index is 683. The third kappa shape index (κ3) is 5.55. The van der Waals surface area contributed by atoms with Crippen LogP contribution in [-0.2, 0) is 21.2 Å². The molecule has 2 atom stereocenters. The van der Waals surface area contributed by atoms with Crippen molar-refractivity contribution in [3.05, 3.63) is 35.9 Å². The molecular formula is C12H18BrN5O3S2. The first-order valence-corrected chi connectivity index (χ1v) is 8.86. The van der Waals surface area contributed by atoms with Crippen molar-refractivity contribution in [2.24, 2.45) is 15.9 Å². The molecule has 1 aliphatic rings. The minimum Gasteiger partial charge on any atom is -0.320 e. The molecule has 1 aromatic rings. The molecule has 1 fully saturated rings. The van der Waals surface area contributed by atoms with Crippen molar-refractivity contribution in [2.75, 3.05) is 7.05 Å². The largest absolute Gasteiger partial charge is 0.320 e. The second-order valence-electron chi connectivity index (χ2n) is 4.76. The molecule has 1 saturated heterocycles. The van der Waals surface area contributed by atoms with Crippen LogP contribution < -0.4 is 16.3 Å². The first-order valence-electron chi connectivity index (χ1n) is 6.37. The highest BCUT2D eigenvalue weighted by molar-refractivity contribution is 8.93. The van der Waals surface area contributed by atoms with E-state index >= 15 is 0 Å². The van der Waals surface area contributed by atoms with Gasteiger partial charge in [0.15, 0.2) is 9.87 Å². The van der Waals surface area contributed by atoms with Crippen molar-refractivity contribution in [3.8, 4) is 0 Å². The molecule has 23 heavy (non-hydrogen) atoms. The Labute approximate surface area is 149 Å². The van der Waals surface area contributed by atoms with Crippen LogP contribution in [0.5, 0.6) is 0 Å². The number of nitrogens with zero attached hydrogens (tertiary/aromatic N) is 2. The van der Waals surface area contributed by atoms with Gasteiger partial charge >= 0.3 is 0 Å². The number of nitrogens with two attached hydrogens (primary N) is 2. The Morgan fingerprint density at radius 2 is 2.04 bits per heavy atom. The van der Waals surface area contributed by atoms with E-state index in [1.54, 1.807) is 7.05 Å². The fraction of sp³-hybridized carbons (Fsp3) is 0.333. The van der Waals surface area contributed by atoms with Gasteiger partial charge in [0, 0.05) is 7.05 Å². The van der Waals surface area contributed by atoms with Gasteiger partial charge in [-0.2, -0.15) is 4.99 Å². The van der Waals surface area contributed by atoms with Gasteiger partial charge in [0.2, 0.25) is 10.0 Å². The summed E-state index contributed by atoms with van der Waals surface area (Å²) < 4.78 is 21.5. The molecule has 128 valence electrons. The summed E-state index contributed by atoms with van der Waals surface area (Å²) in [5.74, 6) is -0.518. The Morgan fingerprint density at radius 1 is 1.43 bits per heavy atom. The normalized spacial score (nSPS) is 21.1. The predicted octanol–water partition coefficient (Wildman–Crippen LogP) is -0.228. The Morgan fingerprint density at radius 3 is 2.57 bits per heavy atom. The maximum absolute atomic E-state index is 12.0. The van der Waals surface area contributed by atoms with Crippen molar-refractivity contribution in [1.29, 1.82) is 0 Å². The van der Waals surface area contributed by atoms with E-state index < -0.39 is 26.7 Å². The summed E-state index contributed by atoms with van der Waals surface area (Å²) in [6.07, 6.45) is 0.358. The fourth-order valence-electron chi connectivity index (χ4n) is 1.79. The number of nitrogens with one attached hydrogen (secondary N) is 1. The number of amides is 1. The van der Waals surface area contributed by atoms with Crippen LogP contribution in [0.4, 0.5) is 0 Å². The number of hydrogen-bond acceptors (Lipinski definition) is 6. The average Bonchev–Trinajstić information content (AvgIpc) is 2.81. The molecule has 5 N–H and O–H groups in total. The highest BCUT2D eigenvalue weighted by Gasteiger charge is 2.34. The van der Waals surface area contributed by atoms with Crippen LogP contribution in [0.3, 0.4) is 0 Å². The number of aliphatic imine (C=N–C) groups is 1. The van der Waals surface area contributed by atoms with Crippen LogP contribution in [0.2, 0.25) is 0 Å². The number of rotatable bonds is 4. The van der Waals surface area contributed by atoms with E-state index in [1.807, 2.05) is 30.3 Å². The maximum Gasteiger partial charge on any atom is 0.265 e. The molecule has 0 radical (unpaired) electrons. The van der Waals surface area contributed by atoms with Gasteiger partial charge in [0.1, 0.15) is 0 Å². The molecule has 1 aliphatic heterocycles. The molecule has 0 bridgehead atoms. The zero-order chi connectivity index (χ0) is 16.3. The number of carbonyl (C=O) groups excluding carboxylic acids is 1. The van der Waals surface area contributed by atoms with E-state index in [9.17, 15) is 13.2 Å². The van der Waals surface area contributed by atoms with Crippen LogP contribution >= 0.6 is 28.7 Å². The Hall–Kier alpha value is -0.980. The van der Waals surface area contributed by atoms with Gasteiger partial charge in [-0.15, -0.1) is 17.0 Å². The summed E-state index contributed by atoms with van der Waals surface area (Å²) in [6.45, 7) is 0. The van der Waals surface area contributed by atoms with Crippen LogP contribution in [-0.4, -0.2) is 42.3 Å². The summed E-state index contributed by atoms with van der Waals surface area (Å²) in [5, 5.41) is 6.61. The summed E-state index contributed by atoms with van der Waals surface area (Å²) >= 11 is 0.853. The van der Waals surface area contributed by atoms with Crippen molar-refractivity contribution >= 4 is 49.8 Å². The topological polar surface area (TPSA) is 131 Å². The quantitative estimate of drug-likeness (QED) is 0.609. The van der Waals surface area contributed by atoms with Gasteiger partial charge in [0.05, 0.1) is 6.04 Å². The predicted molar refractivity (Wildman–Crippen MR) is 96.3 cm³/mol. The minimum absolute atomic E-state index is 0. The number of benzene rings is 1. The number of hydrazine groups is 1. The molecule has 0 aromatic heterocycles. The van der Waals surface area contributed by atoms with Gasteiger partial charge in [-0.25, -0.2) is 19.0 Å². The number of thioether (sulfide) groups is 1. The number of sulfonamides is 1. The van der Waals surface area contributed by atoms with Gasteiger partial charge in [-0.1, -0.05) is 30.3 Å². The summed E-state index contributed by atoms with van der Waals surface area (Å²) in [4.78, 5) is 15.9. The molecule has 8 nitrogen and oxygen atoms in total. The fourth-order valence-corrected chi connectivity index (χ4v) is 3.64. The van der Waals surface area contributed by atoms with E-state index in [0.717, 1.165) is 17.3 Å². The summed E-state index contributed by atoms with van der Waals surface area (Å²) in [6, 6.07) is 8.54. The Kier molecular flexibility index (Phi) is 7.17. The lowest BCUT2D eigenvalue weighted by molar-refractivity contribution is -0.119. The monoisotopic (exact) mass is 423 g/mol. The van der Waals surface area contributed by atoms with Gasteiger partial charge in [-0.3, -0.25) is 9.80 Å². The van der Waals surface area contributed by atoms with Gasteiger partial charge in [-0.05, 0) is 23.7 Å². The van der Waals surface area contributed by atoms with E-state index in [1.165, 1.54) is 5.01 Å². The molecule has 1 aromatic carbocycles. The van der Waals surface area contributed by atoms with Crippen LogP contribution in [0.15, 0.2) is 35.3 Å².